The first kappa shape index (κ1) is 10.5. The van der Waals surface area contributed by atoms with Gasteiger partial charge >= 0.3 is 0 Å². The van der Waals surface area contributed by atoms with Crippen LogP contribution in [0.3, 0.4) is 0 Å². The van der Waals surface area contributed by atoms with E-state index in [-0.39, 0.29) is 0 Å². The van der Waals surface area contributed by atoms with Crippen molar-refractivity contribution in [3.05, 3.63) is 24.3 Å². The van der Waals surface area contributed by atoms with Crippen LogP contribution in [0.15, 0.2) is 24.3 Å². The highest BCUT2D eigenvalue weighted by Crippen LogP contribution is 2.22. The maximum atomic E-state index is 4.01. The third-order valence-corrected chi connectivity index (χ3v) is 1.97. The second-order valence-corrected chi connectivity index (χ2v) is 3.84. The fraction of sp³-hybridized carbons (Fsp3) is 0.636. The summed E-state index contributed by atoms with van der Waals surface area (Å²) in [6.45, 7) is 16.6. The Labute approximate surface area is 71.0 Å². The van der Waals surface area contributed by atoms with Crippen molar-refractivity contribution in [2.45, 2.75) is 34.1 Å². The Morgan fingerprint density at radius 3 is 1.91 bits per heavy atom. The van der Waals surface area contributed by atoms with Crippen molar-refractivity contribution in [1.29, 1.82) is 0 Å². The molecule has 0 bridgehead atoms. The molecule has 0 aliphatic carbocycles. The predicted octanol–water partition coefficient (Wildman–Crippen LogP) is 3.80. The molecule has 0 spiro atoms. The molecule has 0 aromatic rings. The van der Waals surface area contributed by atoms with Gasteiger partial charge in [0.2, 0.25) is 0 Å². The second kappa shape index (κ2) is 4.38. The van der Waals surface area contributed by atoms with Gasteiger partial charge in [-0.2, -0.15) is 0 Å². The molecule has 0 rings (SSSR count). The van der Waals surface area contributed by atoms with Crippen molar-refractivity contribution in [1.82, 2.24) is 0 Å². The Morgan fingerprint density at radius 2 is 1.64 bits per heavy atom. The van der Waals surface area contributed by atoms with Crippen molar-refractivity contribution >= 4 is 0 Å². The van der Waals surface area contributed by atoms with E-state index in [1.54, 1.807) is 0 Å². The predicted molar refractivity (Wildman–Crippen MR) is 52.6 cm³/mol. The molecule has 0 aromatic heterocycles. The molecule has 0 saturated carbocycles. The summed E-state index contributed by atoms with van der Waals surface area (Å²) in [5.41, 5.74) is 2.33. The Bertz CT molecular complexity index is 151. The van der Waals surface area contributed by atoms with E-state index >= 15 is 0 Å². The minimum Gasteiger partial charge on any atom is -0.0958 e. The van der Waals surface area contributed by atoms with Crippen molar-refractivity contribution in [3.8, 4) is 0 Å². The van der Waals surface area contributed by atoms with E-state index in [2.05, 4.69) is 33.9 Å². The average molecular weight is 152 g/mol. The zero-order valence-electron chi connectivity index (χ0n) is 8.28. The van der Waals surface area contributed by atoms with Crippen LogP contribution in [0.25, 0.3) is 0 Å². The van der Waals surface area contributed by atoms with Crippen molar-refractivity contribution in [3.63, 3.8) is 0 Å². The summed E-state index contributed by atoms with van der Waals surface area (Å²) in [6.07, 6.45) is 1.21. The van der Waals surface area contributed by atoms with Gasteiger partial charge < -0.3 is 0 Å². The van der Waals surface area contributed by atoms with Crippen LogP contribution in [0.4, 0.5) is 0 Å². The van der Waals surface area contributed by atoms with Gasteiger partial charge in [-0.25, -0.2) is 0 Å². The normalized spacial score (nSPS) is 13.2. The maximum Gasteiger partial charge on any atom is -0.0191 e. The van der Waals surface area contributed by atoms with Crippen LogP contribution in [-0.2, 0) is 0 Å². The van der Waals surface area contributed by atoms with E-state index in [0.29, 0.717) is 5.92 Å². The van der Waals surface area contributed by atoms with E-state index in [4.69, 9.17) is 0 Å². The number of allylic oxidation sites excluding steroid dienone is 2. The van der Waals surface area contributed by atoms with E-state index < -0.39 is 0 Å². The minimum atomic E-state index is 0.590. The molecular formula is C11H20. The summed E-state index contributed by atoms with van der Waals surface area (Å²) >= 11 is 0. The van der Waals surface area contributed by atoms with Gasteiger partial charge in [0.1, 0.15) is 0 Å². The lowest BCUT2D eigenvalue weighted by Crippen LogP contribution is -2.03. The summed E-state index contributed by atoms with van der Waals surface area (Å²) in [5, 5.41) is 0. The van der Waals surface area contributed by atoms with Crippen LogP contribution in [-0.4, -0.2) is 0 Å². The van der Waals surface area contributed by atoms with Gasteiger partial charge in [0.05, 0.1) is 0 Å². The van der Waals surface area contributed by atoms with Gasteiger partial charge in [-0.15, -0.1) is 0 Å². The summed E-state index contributed by atoms with van der Waals surface area (Å²) in [7, 11) is 0. The van der Waals surface area contributed by atoms with E-state index in [0.717, 1.165) is 11.5 Å². The number of hydrogen-bond donors (Lipinski definition) is 0. The Morgan fingerprint density at radius 1 is 1.18 bits per heavy atom. The zero-order valence-corrected chi connectivity index (χ0v) is 8.28. The third kappa shape index (κ3) is 4.02. The van der Waals surface area contributed by atoms with Crippen LogP contribution in [0.1, 0.15) is 34.1 Å². The largest absolute Gasteiger partial charge is 0.0958 e. The monoisotopic (exact) mass is 152 g/mol. The van der Waals surface area contributed by atoms with Crippen LogP contribution in [0, 0.1) is 11.8 Å². The molecule has 0 nitrogen and oxygen atoms in total. The summed E-state index contributed by atoms with van der Waals surface area (Å²) in [5.74, 6) is 1.34. The van der Waals surface area contributed by atoms with Gasteiger partial charge in [-0.05, 0) is 25.2 Å². The van der Waals surface area contributed by atoms with Crippen molar-refractivity contribution in [2.24, 2.45) is 11.8 Å². The highest BCUT2D eigenvalue weighted by atomic mass is 14.1. The Kier molecular flexibility index (Phi) is 4.17. The van der Waals surface area contributed by atoms with Gasteiger partial charge in [-0.3, -0.25) is 0 Å². The first-order chi connectivity index (χ1) is 4.95. The van der Waals surface area contributed by atoms with E-state index in [9.17, 15) is 0 Å². The smallest absolute Gasteiger partial charge is 0.0191 e. The minimum absolute atomic E-state index is 0.590. The Hall–Kier alpha value is -0.520. The molecule has 0 amide bonds. The molecule has 0 aromatic carbocycles. The molecule has 1 unspecified atom stereocenters. The van der Waals surface area contributed by atoms with Gasteiger partial charge in [-0.1, -0.05) is 45.1 Å². The van der Waals surface area contributed by atoms with Crippen LogP contribution in [0.2, 0.25) is 0 Å². The lowest BCUT2D eigenvalue weighted by Gasteiger charge is -2.16. The molecular weight excluding hydrogens is 132 g/mol. The lowest BCUT2D eigenvalue weighted by molar-refractivity contribution is 0.490. The second-order valence-electron chi connectivity index (χ2n) is 3.84. The number of rotatable bonds is 4. The van der Waals surface area contributed by atoms with Gasteiger partial charge in [0.25, 0.3) is 0 Å². The zero-order chi connectivity index (χ0) is 9.02. The fourth-order valence-electron chi connectivity index (χ4n) is 1.27. The van der Waals surface area contributed by atoms with Crippen LogP contribution in [0.5, 0.6) is 0 Å². The first-order valence-corrected chi connectivity index (χ1v) is 4.29. The fourth-order valence-corrected chi connectivity index (χ4v) is 1.27. The van der Waals surface area contributed by atoms with Gasteiger partial charge in [0, 0.05) is 0 Å². The molecule has 64 valence electrons. The molecule has 0 N–H and O–H groups in total. The summed E-state index contributed by atoms with van der Waals surface area (Å²) < 4.78 is 0. The topological polar surface area (TPSA) is 0 Å². The quantitative estimate of drug-likeness (QED) is 0.537. The molecule has 0 heteroatoms. The average Bonchev–Trinajstić information content (AvgIpc) is 1.84. The Balaban J connectivity index is 3.93. The van der Waals surface area contributed by atoms with Crippen LogP contribution >= 0.6 is 0 Å². The molecule has 0 fully saturated rings. The van der Waals surface area contributed by atoms with Crippen LogP contribution < -0.4 is 0 Å². The molecule has 0 heterocycles. The van der Waals surface area contributed by atoms with Crippen molar-refractivity contribution < 1.29 is 0 Å². The SMILES string of the molecule is C=C(C)C(=C)C(C)CC(C)C. The van der Waals surface area contributed by atoms with E-state index in [1.807, 2.05) is 6.92 Å². The first-order valence-electron chi connectivity index (χ1n) is 4.29. The number of hydrogen-bond acceptors (Lipinski definition) is 0. The molecule has 0 radical (unpaired) electrons. The molecule has 1 atom stereocenters. The highest BCUT2D eigenvalue weighted by molar-refractivity contribution is 5.24. The lowest BCUT2D eigenvalue weighted by atomic mass is 9.90. The maximum absolute atomic E-state index is 4.01. The van der Waals surface area contributed by atoms with Crippen molar-refractivity contribution in [2.75, 3.05) is 0 Å². The molecule has 0 aliphatic rings. The third-order valence-electron chi connectivity index (χ3n) is 1.97. The molecule has 0 saturated heterocycles. The highest BCUT2D eigenvalue weighted by Gasteiger charge is 2.08. The van der Waals surface area contributed by atoms with Gasteiger partial charge in [0.15, 0.2) is 0 Å². The summed E-state index contributed by atoms with van der Waals surface area (Å²) in [6, 6.07) is 0. The molecule has 0 aliphatic heterocycles. The molecule has 11 heavy (non-hydrogen) atoms. The standard InChI is InChI=1S/C11H20/c1-8(2)7-10(5)11(6)9(3)4/h8,10H,3,6-7H2,1-2,4-5H3. The summed E-state index contributed by atoms with van der Waals surface area (Å²) in [4.78, 5) is 0. The van der Waals surface area contributed by atoms with E-state index in [1.165, 1.54) is 12.0 Å².